The van der Waals surface area contributed by atoms with Gasteiger partial charge in [-0.3, -0.25) is 15.0 Å². The molecule has 13 heteroatoms. The van der Waals surface area contributed by atoms with Gasteiger partial charge in [-0.05, 0) is 44.5 Å². The van der Waals surface area contributed by atoms with Crippen LogP contribution in [0.25, 0.3) is 11.1 Å². The number of aryl methyl sites for hydroxylation is 1. The zero-order valence-electron chi connectivity index (χ0n) is 21.0. The van der Waals surface area contributed by atoms with Gasteiger partial charge >= 0.3 is 12.3 Å². The third-order valence-corrected chi connectivity index (χ3v) is 4.92. The summed E-state index contributed by atoms with van der Waals surface area (Å²) in [6, 6.07) is 6.30. The molecule has 4 aromatic rings. The largest absolute Gasteiger partial charge is 0.444 e. The number of hydrogen-bond donors (Lipinski definition) is 3. The van der Waals surface area contributed by atoms with Crippen molar-refractivity contribution in [3.63, 3.8) is 0 Å². The standard InChI is InChI=1S/C25H25F3N8O2/c1-24(2,3)38-23(37)34-18-9-17(10-29-11-18)32-21-20(15-5-7-16(8-6-15)25(26,27)28)13-30-22(35-21)33-19-12-31-36(4)14-19/h5-14H,1-4H3,(H,34,37)(H2,30,32,33,35). The highest BCUT2D eigenvalue weighted by atomic mass is 19.4. The molecule has 0 atom stereocenters. The number of ether oxygens (including phenoxy) is 1. The van der Waals surface area contributed by atoms with E-state index in [1.54, 1.807) is 51.0 Å². The van der Waals surface area contributed by atoms with Gasteiger partial charge in [-0.1, -0.05) is 12.1 Å². The number of benzene rings is 1. The fraction of sp³-hybridized carbons (Fsp3) is 0.240. The van der Waals surface area contributed by atoms with E-state index in [0.29, 0.717) is 34.0 Å². The molecule has 0 saturated carbocycles. The zero-order valence-corrected chi connectivity index (χ0v) is 21.0. The molecule has 10 nitrogen and oxygen atoms in total. The van der Waals surface area contributed by atoms with Crippen LogP contribution in [0, 0.1) is 0 Å². The van der Waals surface area contributed by atoms with Gasteiger partial charge < -0.3 is 15.4 Å². The molecule has 0 aliphatic carbocycles. The minimum absolute atomic E-state index is 0.229. The average Bonchev–Trinajstić information content (AvgIpc) is 3.22. The molecule has 38 heavy (non-hydrogen) atoms. The predicted octanol–water partition coefficient (Wildman–Crippen LogP) is 6.13. The first-order chi connectivity index (χ1) is 17.9. The van der Waals surface area contributed by atoms with Crippen molar-refractivity contribution in [3.05, 3.63) is 66.9 Å². The Morgan fingerprint density at radius 3 is 2.29 bits per heavy atom. The lowest BCUT2D eigenvalue weighted by molar-refractivity contribution is -0.137. The molecule has 0 radical (unpaired) electrons. The molecule has 0 saturated heterocycles. The van der Waals surface area contributed by atoms with Crippen molar-refractivity contribution < 1.29 is 22.7 Å². The van der Waals surface area contributed by atoms with Crippen molar-refractivity contribution >= 4 is 34.9 Å². The van der Waals surface area contributed by atoms with Gasteiger partial charge in [0, 0.05) is 25.0 Å². The second-order valence-electron chi connectivity index (χ2n) is 9.27. The van der Waals surface area contributed by atoms with Crippen LogP contribution in [-0.4, -0.2) is 36.4 Å². The summed E-state index contributed by atoms with van der Waals surface area (Å²) >= 11 is 0. The number of nitrogens with zero attached hydrogens (tertiary/aromatic N) is 5. The van der Waals surface area contributed by atoms with E-state index in [1.807, 2.05) is 0 Å². The van der Waals surface area contributed by atoms with Crippen LogP contribution in [-0.2, 0) is 18.0 Å². The normalized spacial score (nSPS) is 11.7. The van der Waals surface area contributed by atoms with E-state index in [-0.39, 0.29) is 5.95 Å². The fourth-order valence-electron chi connectivity index (χ4n) is 3.34. The van der Waals surface area contributed by atoms with Crippen molar-refractivity contribution in [1.29, 1.82) is 0 Å². The summed E-state index contributed by atoms with van der Waals surface area (Å²) in [5, 5.41) is 12.9. The van der Waals surface area contributed by atoms with Crippen molar-refractivity contribution in [3.8, 4) is 11.1 Å². The van der Waals surface area contributed by atoms with Crippen molar-refractivity contribution in [2.24, 2.45) is 7.05 Å². The Hall–Kier alpha value is -4.68. The number of pyridine rings is 1. The minimum Gasteiger partial charge on any atom is -0.444 e. The molecule has 0 bridgehead atoms. The van der Waals surface area contributed by atoms with Gasteiger partial charge in [-0.2, -0.15) is 23.3 Å². The molecule has 0 aliphatic rings. The summed E-state index contributed by atoms with van der Waals surface area (Å²) in [6.07, 6.45) is 2.67. The Labute approximate surface area is 216 Å². The second kappa shape index (κ2) is 10.4. The Bertz CT molecular complexity index is 1430. The number of rotatable bonds is 6. The quantitative estimate of drug-likeness (QED) is 0.275. The summed E-state index contributed by atoms with van der Waals surface area (Å²) < 4.78 is 46.1. The molecular formula is C25H25F3N8O2. The first kappa shape index (κ1) is 26.4. The zero-order chi connectivity index (χ0) is 27.5. The Morgan fingerprint density at radius 2 is 1.66 bits per heavy atom. The number of aromatic nitrogens is 5. The van der Waals surface area contributed by atoms with Crippen molar-refractivity contribution in [2.75, 3.05) is 16.0 Å². The van der Waals surface area contributed by atoms with Crippen LogP contribution in [0.4, 0.5) is 46.8 Å². The van der Waals surface area contributed by atoms with Crippen molar-refractivity contribution in [2.45, 2.75) is 32.5 Å². The minimum atomic E-state index is -4.46. The molecular weight excluding hydrogens is 501 g/mol. The molecule has 1 aromatic carbocycles. The smallest absolute Gasteiger partial charge is 0.416 e. The number of carbonyl (C=O) groups is 1. The Kier molecular flexibility index (Phi) is 7.19. The lowest BCUT2D eigenvalue weighted by Gasteiger charge is -2.19. The Morgan fingerprint density at radius 1 is 0.947 bits per heavy atom. The third kappa shape index (κ3) is 6.96. The van der Waals surface area contributed by atoms with Gasteiger partial charge in [-0.15, -0.1) is 0 Å². The van der Waals surface area contributed by atoms with E-state index in [9.17, 15) is 18.0 Å². The van der Waals surface area contributed by atoms with Crippen LogP contribution in [0.5, 0.6) is 0 Å². The van der Waals surface area contributed by atoms with Gasteiger partial charge in [0.2, 0.25) is 5.95 Å². The Balaban J connectivity index is 1.65. The van der Waals surface area contributed by atoms with Gasteiger partial charge in [0.1, 0.15) is 11.4 Å². The van der Waals surface area contributed by atoms with Gasteiger partial charge in [0.05, 0.1) is 41.2 Å². The molecule has 3 N–H and O–H groups in total. The lowest BCUT2D eigenvalue weighted by atomic mass is 10.1. The number of halogens is 3. The molecule has 3 aromatic heterocycles. The number of anilines is 5. The number of alkyl halides is 3. The first-order valence-corrected chi connectivity index (χ1v) is 11.4. The molecule has 3 heterocycles. The maximum Gasteiger partial charge on any atom is 0.416 e. The maximum absolute atomic E-state index is 13.1. The molecule has 198 valence electrons. The first-order valence-electron chi connectivity index (χ1n) is 11.4. The molecule has 0 unspecified atom stereocenters. The lowest BCUT2D eigenvalue weighted by Crippen LogP contribution is -2.27. The molecule has 0 fully saturated rings. The van der Waals surface area contributed by atoms with Crippen LogP contribution in [0.3, 0.4) is 0 Å². The van der Waals surface area contributed by atoms with E-state index in [4.69, 9.17) is 4.74 Å². The highest BCUT2D eigenvalue weighted by Gasteiger charge is 2.30. The summed E-state index contributed by atoms with van der Waals surface area (Å²) in [4.78, 5) is 25.1. The molecule has 0 aliphatic heterocycles. The van der Waals surface area contributed by atoms with E-state index >= 15 is 0 Å². The van der Waals surface area contributed by atoms with Crippen LogP contribution < -0.4 is 16.0 Å². The summed E-state index contributed by atoms with van der Waals surface area (Å²) in [7, 11) is 1.76. The van der Waals surface area contributed by atoms with Crippen LogP contribution >= 0.6 is 0 Å². The highest BCUT2D eigenvalue weighted by molar-refractivity contribution is 5.86. The third-order valence-electron chi connectivity index (χ3n) is 4.92. The van der Waals surface area contributed by atoms with E-state index in [1.165, 1.54) is 30.7 Å². The van der Waals surface area contributed by atoms with E-state index in [2.05, 4.69) is 36.0 Å². The van der Waals surface area contributed by atoms with Gasteiger partial charge in [0.25, 0.3) is 0 Å². The maximum atomic E-state index is 13.1. The summed E-state index contributed by atoms with van der Waals surface area (Å²) in [6.45, 7) is 5.24. The number of carbonyl (C=O) groups excluding carboxylic acids is 1. The number of hydrogen-bond acceptors (Lipinski definition) is 8. The van der Waals surface area contributed by atoms with Gasteiger partial charge in [-0.25, -0.2) is 9.78 Å². The molecule has 0 spiro atoms. The predicted molar refractivity (Wildman–Crippen MR) is 136 cm³/mol. The highest BCUT2D eigenvalue weighted by Crippen LogP contribution is 2.34. The van der Waals surface area contributed by atoms with Crippen LogP contribution in [0.2, 0.25) is 0 Å². The monoisotopic (exact) mass is 526 g/mol. The SMILES string of the molecule is Cn1cc(Nc2ncc(-c3ccc(C(F)(F)F)cc3)c(Nc3cncc(NC(=O)OC(C)(C)C)c3)n2)cn1. The molecule has 4 rings (SSSR count). The topological polar surface area (TPSA) is 119 Å². The van der Waals surface area contributed by atoms with E-state index in [0.717, 1.165) is 12.1 Å². The number of nitrogens with one attached hydrogen (secondary N) is 3. The number of amides is 1. The van der Waals surface area contributed by atoms with Crippen LogP contribution in [0.1, 0.15) is 26.3 Å². The summed E-state index contributed by atoms with van der Waals surface area (Å²) in [5.41, 5.74) is 0.927. The van der Waals surface area contributed by atoms with E-state index < -0.39 is 23.4 Å². The van der Waals surface area contributed by atoms with Crippen LogP contribution in [0.15, 0.2) is 61.3 Å². The average molecular weight is 527 g/mol. The second-order valence-corrected chi connectivity index (χ2v) is 9.27. The molecule has 1 amide bonds. The summed E-state index contributed by atoms with van der Waals surface area (Å²) in [5.74, 6) is 0.523. The van der Waals surface area contributed by atoms with Gasteiger partial charge in [0.15, 0.2) is 0 Å². The fourth-order valence-corrected chi connectivity index (χ4v) is 3.34. The van der Waals surface area contributed by atoms with Crippen molar-refractivity contribution in [1.82, 2.24) is 24.7 Å².